The average Bonchev–Trinajstić information content (AvgIpc) is 3.24. The number of hydrogen-bond donors (Lipinski definition) is 1. The van der Waals surface area contributed by atoms with Gasteiger partial charge in [0.15, 0.2) is 0 Å². The Kier molecular flexibility index (Phi) is 5.16. The summed E-state index contributed by atoms with van der Waals surface area (Å²) in [6, 6.07) is 2.74. The molecule has 1 aromatic rings. The number of likely N-dealkylation sites (N-methyl/N-ethyl adjacent to an activating group) is 1. The SMILES string of the molecule is CN(C)[C@@H]1CN(Cc2ccsc2)CC[C@@H]1CNC(=O)C1CC1. The summed E-state index contributed by atoms with van der Waals surface area (Å²) < 4.78 is 0. The minimum atomic E-state index is 0.276. The first-order chi connectivity index (χ1) is 10.6. The molecule has 2 aliphatic rings. The normalized spacial score (nSPS) is 26.3. The van der Waals surface area contributed by atoms with Gasteiger partial charge in [-0.3, -0.25) is 9.69 Å². The summed E-state index contributed by atoms with van der Waals surface area (Å²) in [6.07, 6.45) is 3.34. The second kappa shape index (κ2) is 7.11. The van der Waals surface area contributed by atoms with Gasteiger partial charge < -0.3 is 10.2 Å². The van der Waals surface area contributed by atoms with Crippen molar-refractivity contribution in [2.75, 3.05) is 33.7 Å². The quantitative estimate of drug-likeness (QED) is 0.871. The lowest BCUT2D eigenvalue weighted by Crippen LogP contribution is -2.53. The lowest BCUT2D eigenvalue weighted by molar-refractivity contribution is -0.122. The predicted octanol–water partition coefficient (Wildman–Crippen LogP) is 2.03. The van der Waals surface area contributed by atoms with Crippen molar-refractivity contribution in [2.24, 2.45) is 11.8 Å². The van der Waals surface area contributed by atoms with Crippen LogP contribution in [0.5, 0.6) is 0 Å². The van der Waals surface area contributed by atoms with Crippen LogP contribution in [0.2, 0.25) is 0 Å². The lowest BCUT2D eigenvalue weighted by atomic mass is 9.90. The summed E-state index contributed by atoms with van der Waals surface area (Å²) in [6.45, 7) is 4.11. The fourth-order valence-corrected chi connectivity index (χ4v) is 4.03. The first kappa shape index (κ1) is 16.0. The monoisotopic (exact) mass is 321 g/mol. The van der Waals surface area contributed by atoms with E-state index in [1.54, 1.807) is 11.3 Å². The van der Waals surface area contributed by atoms with Gasteiger partial charge in [0.2, 0.25) is 5.91 Å². The first-order valence-corrected chi connectivity index (χ1v) is 9.25. The number of likely N-dealkylation sites (tertiary alicyclic amines) is 1. The number of nitrogens with one attached hydrogen (secondary N) is 1. The molecule has 0 spiro atoms. The number of hydrogen-bond acceptors (Lipinski definition) is 4. The Bertz CT molecular complexity index is 484. The van der Waals surface area contributed by atoms with Gasteiger partial charge >= 0.3 is 0 Å². The number of piperidine rings is 1. The van der Waals surface area contributed by atoms with E-state index in [2.05, 4.69) is 46.0 Å². The molecule has 122 valence electrons. The summed E-state index contributed by atoms with van der Waals surface area (Å²) in [4.78, 5) is 16.7. The van der Waals surface area contributed by atoms with Crippen LogP contribution < -0.4 is 5.32 Å². The zero-order valence-corrected chi connectivity index (χ0v) is 14.4. The molecule has 5 heteroatoms. The molecule has 0 bridgehead atoms. The molecule has 1 saturated carbocycles. The summed E-state index contributed by atoms with van der Waals surface area (Å²) in [5, 5.41) is 7.57. The maximum Gasteiger partial charge on any atom is 0.223 e. The molecule has 1 aliphatic carbocycles. The van der Waals surface area contributed by atoms with Crippen molar-refractivity contribution in [1.29, 1.82) is 0 Å². The molecule has 1 amide bonds. The van der Waals surface area contributed by atoms with Gasteiger partial charge in [-0.05, 0) is 68.2 Å². The minimum absolute atomic E-state index is 0.276. The molecular formula is C17H27N3OS. The van der Waals surface area contributed by atoms with Crippen molar-refractivity contribution >= 4 is 17.2 Å². The average molecular weight is 321 g/mol. The van der Waals surface area contributed by atoms with Crippen molar-refractivity contribution in [2.45, 2.75) is 31.8 Å². The van der Waals surface area contributed by atoms with Gasteiger partial charge in [0.05, 0.1) is 0 Å². The topological polar surface area (TPSA) is 35.6 Å². The molecule has 1 aromatic heterocycles. The fraction of sp³-hybridized carbons (Fsp3) is 0.706. The van der Waals surface area contributed by atoms with Gasteiger partial charge in [-0.1, -0.05) is 0 Å². The molecule has 0 aromatic carbocycles. The summed E-state index contributed by atoms with van der Waals surface area (Å²) in [5.74, 6) is 1.16. The molecule has 1 saturated heterocycles. The number of nitrogens with zero attached hydrogens (tertiary/aromatic N) is 2. The highest BCUT2D eigenvalue weighted by molar-refractivity contribution is 7.07. The van der Waals surface area contributed by atoms with Crippen molar-refractivity contribution in [3.63, 3.8) is 0 Å². The minimum Gasteiger partial charge on any atom is -0.356 e. The molecule has 3 rings (SSSR count). The number of amides is 1. The van der Waals surface area contributed by atoms with Gasteiger partial charge in [-0.25, -0.2) is 0 Å². The Labute approximate surface area is 137 Å². The van der Waals surface area contributed by atoms with E-state index in [1.807, 2.05) is 0 Å². The molecule has 2 atom stereocenters. The molecule has 1 aliphatic heterocycles. The standard InChI is InChI=1S/C17H27N3OS/c1-19(2)16-11-20(10-13-6-8-22-12-13)7-5-15(16)9-18-17(21)14-3-4-14/h6,8,12,14-16H,3-5,7,9-11H2,1-2H3,(H,18,21)/t15-,16-/m1/s1. The van der Waals surface area contributed by atoms with E-state index >= 15 is 0 Å². The third-order valence-electron chi connectivity index (χ3n) is 4.94. The highest BCUT2D eigenvalue weighted by atomic mass is 32.1. The Morgan fingerprint density at radius 3 is 2.86 bits per heavy atom. The van der Waals surface area contributed by atoms with Crippen LogP contribution in [0.25, 0.3) is 0 Å². The van der Waals surface area contributed by atoms with E-state index in [9.17, 15) is 4.79 Å². The Hall–Kier alpha value is -0.910. The van der Waals surface area contributed by atoms with Crippen LogP contribution in [-0.4, -0.2) is 55.5 Å². The molecule has 22 heavy (non-hydrogen) atoms. The van der Waals surface area contributed by atoms with Gasteiger partial charge in [-0.2, -0.15) is 11.3 Å². The van der Waals surface area contributed by atoms with Crippen molar-refractivity contribution in [3.05, 3.63) is 22.4 Å². The first-order valence-electron chi connectivity index (χ1n) is 8.31. The highest BCUT2D eigenvalue weighted by Gasteiger charge is 2.33. The van der Waals surface area contributed by atoms with E-state index in [0.29, 0.717) is 17.9 Å². The lowest BCUT2D eigenvalue weighted by Gasteiger charge is -2.41. The molecule has 1 N–H and O–H groups in total. The molecule has 4 nitrogen and oxygen atoms in total. The predicted molar refractivity (Wildman–Crippen MR) is 90.9 cm³/mol. The Morgan fingerprint density at radius 2 is 2.23 bits per heavy atom. The van der Waals surface area contributed by atoms with Gasteiger partial charge in [-0.15, -0.1) is 0 Å². The van der Waals surface area contributed by atoms with Crippen LogP contribution in [-0.2, 0) is 11.3 Å². The van der Waals surface area contributed by atoms with Crippen LogP contribution in [0.3, 0.4) is 0 Å². The van der Waals surface area contributed by atoms with E-state index in [0.717, 1.165) is 45.4 Å². The van der Waals surface area contributed by atoms with E-state index in [1.165, 1.54) is 5.56 Å². The third-order valence-corrected chi connectivity index (χ3v) is 5.67. The van der Waals surface area contributed by atoms with Gasteiger partial charge in [0.25, 0.3) is 0 Å². The van der Waals surface area contributed by atoms with E-state index < -0.39 is 0 Å². The Morgan fingerprint density at radius 1 is 1.41 bits per heavy atom. The number of carbonyl (C=O) groups is 1. The number of carbonyl (C=O) groups excluding carboxylic acids is 1. The summed E-state index contributed by atoms with van der Waals surface area (Å²) >= 11 is 1.77. The largest absolute Gasteiger partial charge is 0.356 e. The number of thiophene rings is 1. The Balaban J connectivity index is 1.52. The van der Waals surface area contributed by atoms with Gasteiger partial charge in [0, 0.05) is 31.6 Å². The van der Waals surface area contributed by atoms with E-state index in [-0.39, 0.29) is 5.91 Å². The van der Waals surface area contributed by atoms with E-state index in [4.69, 9.17) is 0 Å². The number of rotatable bonds is 6. The van der Waals surface area contributed by atoms with Crippen LogP contribution in [0.4, 0.5) is 0 Å². The molecule has 0 unspecified atom stereocenters. The van der Waals surface area contributed by atoms with Crippen LogP contribution in [0.15, 0.2) is 16.8 Å². The fourth-order valence-electron chi connectivity index (χ4n) is 3.37. The molecular weight excluding hydrogens is 294 g/mol. The van der Waals surface area contributed by atoms with Crippen LogP contribution >= 0.6 is 11.3 Å². The zero-order chi connectivity index (χ0) is 15.5. The molecule has 2 fully saturated rings. The second-order valence-electron chi connectivity index (χ2n) is 6.97. The summed E-state index contributed by atoms with van der Waals surface area (Å²) in [5.41, 5.74) is 1.42. The van der Waals surface area contributed by atoms with Crippen LogP contribution in [0, 0.1) is 11.8 Å². The highest BCUT2D eigenvalue weighted by Crippen LogP contribution is 2.29. The van der Waals surface area contributed by atoms with Crippen molar-refractivity contribution in [3.8, 4) is 0 Å². The second-order valence-corrected chi connectivity index (χ2v) is 7.75. The molecule has 2 heterocycles. The molecule has 0 radical (unpaired) electrons. The summed E-state index contributed by atoms with van der Waals surface area (Å²) in [7, 11) is 4.32. The van der Waals surface area contributed by atoms with Crippen molar-refractivity contribution in [1.82, 2.24) is 15.1 Å². The maximum absolute atomic E-state index is 11.9. The third kappa shape index (κ3) is 4.09. The maximum atomic E-state index is 11.9. The van der Waals surface area contributed by atoms with Crippen LogP contribution in [0.1, 0.15) is 24.8 Å². The van der Waals surface area contributed by atoms with Gasteiger partial charge in [0.1, 0.15) is 0 Å². The smallest absolute Gasteiger partial charge is 0.223 e. The zero-order valence-electron chi connectivity index (χ0n) is 13.6. The van der Waals surface area contributed by atoms with Crippen molar-refractivity contribution < 1.29 is 4.79 Å².